The zero-order chi connectivity index (χ0) is 12.8. The molecule has 1 aromatic rings. The highest BCUT2D eigenvalue weighted by Crippen LogP contribution is 2.53. The van der Waals surface area contributed by atoms with E-state index in [9.17, 15) is 0 Å². The second-order valence-electron chi connectivity index (χ2n) is 6.92. The van der Waals surface area contributed by atoms with Crippen LogP contribution < -0.4 is 5.32 Å². The number of rotatable bonds is 3. The molecule has 2 aliphatic carbocycles. The van der Waals surface area contributed by atoms with Gasteiger partial charge in [0.05, 0.1) is 6.54 Å². The Hall–Kier alpha value is -0.480. The SMILES string of the molecule is CC(C)(C)NCc1nnc(C2CC3CCC2C3)s1. The van der Waals surface area contributed by atoms with Crippen LogP contribution in [0.25, 0.3) is 0 Å². The number of nitrogens with one attached hydrogen (secondary N) is 1. The van der Waals surface area contributed by atoms with Crippen LogP contribution in [0.15, 0.2) is 0 Å². The molecule has 3 atom stereocenters. The molecule has 2 saturated carbocycles. The highest BCUT2D eigenvalue weighted by atomic mass is 32.1. The minimum absolute atomic E-state index is 0.151. The van der Waals surface area contributed by atoms with Crippen molar-refractivity contribution >= 4 is 11.3 Å². The molecule has 2 fully saturated rings. The van der Waals surface area contributed by atoms with Gasteiger partial charge in [-0.1, -0.05) is 17.8 Å². The summed E-state index contributed by atoms with van der Waals surface area (Å²) < 4.78 is 0. The summed E-state index contributed by atoms with van der Waals surface area (Å²) in [4.78, 5) is 0. The van der Waals surface area contributed by atoms with E-state index < -0.39 is 0 Å². The van der Waals surface area contributed by atoms with Gasteiger partial charge in [0.25, 0.3) is 0 Å². The van der Waals surface area contributed by atoms with Crippen molar-refractivity contribution in [3.05, 3.63) is 10.0 Å². The summed E-state index contributed by atoms with van der Waals surface area (Å²) in [5, 5.41) is 14.7. The zero-order valence-corrected chi connectivity index (χ0v) is 12.4. The van der Waals surface area contributed by atoms with Crippen molar-refractivity contribution in [3.63, 3.8) is 0 Å². The Labute approximate surface area is 113 Å². The minimum atomic E-state index is 0.151. The first-order valence-corrected chi connectivity index (χ1v) is 7.90. The molecule has 0 saturated heterocycles. The van der Waals surface area contributed by atoms with Gasteiger partial charge in [-0.2, -0.15) is 0 Å². The first kappa shape index (κ1) is 12.5. The largest absolute Gasteiger partial charge is 0.306 e. The van der Waals surface area contributed by atoms with Gasteiger partial charge in [0.2, 0.25) is 0 Å². The fourth-order valence-electron chi connectivity index (χ4n) is 3.38. The Bertz CT molecular complexity index is 421. The molecule has 0 spiro atoms. The van der Waals surface area contributed by atoms with E-state index >= 15 is 0 Å². The van der Waals surface area contributed by atoms with Gasteiger partial charge in [0.15, 0.2) is 0 Å². The smallest absolute Gasteiger partial charge is 0.131 e. The van der Waals surface area contributed by atoms with Gasteiger partial charge in [0.1, 0.15) is 10.0 Å². The summed E-state index contributed by atoms with van der Waals surface area (Å²) >= 11 is 1.83. The van der Waals surface area contributed by atoms with Crippen LogP contribution in [0.1, 0.15) is 62.4 Å². The van der Waals surface area contributed by atoms with Gasteiger partial charge in [-0.3, -0.25) is 0 Å². The Balaban J connectivity index is 1.63. The molecule has 1 heterocycles. The third-order valence-electron chi connectivity index (χ3n) is 4.31. The molecule has 0 aromatic carbocycles. The number of aromatic nitrogens is 2. The zero-order valence-electron chi connectivity index (χ0n) is 11.6. The fraction of sp³-hybridized carbons (Fsp3) is 0.857. The molecular formula is C14H23N3S. The number of hydrogen-bond acceptors (Lipinski definition) is 4. The summed E-state index contributed by atoms with van der Waals surface area (Å²) in [7, 11) is 0. The van der Waals surface area contributed by atoms with Crippen molar-refractivity contribution in [2.45, 2.75) is 64.5 Å². The van der Waals surface area contributed by atoms with E-state index in [1.165, 1.54) is 30.7 Å². The van der Waals surface area contributed by atoms with Gasteiger partial charge >= 0.3 is 0 Å². The molecule has 100 valence electrons. The minimum Gasteiger partial charge on any atom is -0.306 e. The van der Waals surface area contributed by atoms with Crippen LogP contribution in [0.4, 0.5) is 0 Å². The molecule has 3 rings (SSSR count). The summed E-state index contributed by atoms with van der Waals surface area (Å²) in [6, 6.07) is 0. The second kappa shape index (κ2) is 4.57. The maximum absolute atomic E-state index is 4.45. The van der Waals surface area contributed by atoms with Gasteiger partial charge in [-0.05, 0) is 51.9 Å². The third-order valence-corrected chi connectivity index (χ3v) is 5.36. The summed E-state index contributed by atoms with van der Waals surface area (Å²) in [5.41, 5.74) is 0.151. The lowest BCUT2D eigenvalue weighted by Gasteiger charge is -2.19. The van der Waals surface area contributed by atoms with Gasteiger partial charge in [0, 0.05) is 11.5 Å². The van der Waals surface area contributed by atoms with Crippen LogP contribution in [0, 0.1) is 11.8 Å². The monoisotopic (exact) mass is 265 g/mol. The molecule has 2 bridgehead atoms. The van der Waals surface area contributed by atoms with Crippen LogP contribution in [-0.4, -0.2) is 15.7 Å². The predicted molar refractivity (Wildman–Crippen MR) is 74.7 cm³/mol. The van der Waals surface area contributed by atoms with Gasteiger partial charge < -0.3 is 5.32 Å². The molecule has 3 unspecified atom stereocenters. The van der Waals surface area contributed by atoms with Crippen molar-refractivity contribution in [2.75, 3.05) is 0 Å². The quantitative estimate of drug-likeness (QED) is 0.911. The summed E-state index contributed by atoms with van der Waals surface area (Å²) in [5.74, 6) is 2.62. The maximum Gasteiger partial charge on any atom is 0.131 e. The normalized spacial score (nSPS) is 31.2. The summed E-state index contributed by atoms with van der Waals surface area (Å²) in [6.07, 6.45) is 5.69. The second-order valence-corrected chi connectivity index (χ2v) is 8.01. The standard InChI is InChI=1S/C14H23N3S/c1-14(2,3)15-8-12-16-17-13(18-12)11-7-9-4-5-10(11)6-9/h9-11,15H,4-8H2,1-3H3. The predicted octanol–water partition coefficient (Wildman–Crippen LogP) is 3.33. The number of fused-ring (bicyclic) bond motifs is 2. The van der Waals surface area contributed by atoms with Crippen LogP contribution >= 0.6 is 11.3 Å². The average molecular weight is 265 g/mol. The third kappa shape index (κ3) is 2.59. The molecule has 2 aliphatic rings. The van der Waals surface area contributed by atoms with E-state index in [1.807, 2.05) is 11.3 Å². The highest BCUT2D eigenvalue weighted by Gasteiger charge is 2.41. The number of nitrogens with zero attached hydrogens (tertiary/aromatic N) is 2. The first-order chi connectivity index (χ1) is 8.51. The van der Waals surface area contributed by atoms with Gasteiger partial charge in [-0.25, -0.2) is 0 Å². The molecule has 0 aliphatic heterocycles. The molecule has 1 aromatic heterocycles. The van der Waals surface area contributed by atoms with E-state index in [0.29, 0.717) is 0 Å². The van der Waals surface area contributed by atoms with Crippen molar-refractivity contribution in [1.29, 1.82) is 0 Å². The van der Waals surface area contributed by atoms with E-state index in [-0.39, 0.29) is 5.54 Å². The molecule has 0 amide bonds. The lowest BCUT2D eigenvalue weighted by molar-refractivity contribution is 0.416. The lowest BCUT2D eigenvalue weighted by atomic mass is 9.89. The Morgan fingerprint density at radius 2 is 2.06 bits per heavy atom. The van der Waals surface area contributed by atoms with Crippen LogP contribution in [0.5, 0.6) is 0 Å². The fourth-order valence-corrected chi connectivity index (χ4v) is 4.36. The van der Waals surface area contributed by atoms with Gasteiger partial charge in [-0.15, -0.1) is 10.2 Å². The Kier molecular flexibility index (Phi) is 3.18. The molecule has 0 radical (unpaired) electrons. The molecule has 3 nitrogen and oxygen atoms in total. The van der Waals surface area contributed by atoms with E-state index in [0.717, 1.165) is 29.3 Å². The molecule has 4 heteroatoms. The highest BCUT2D eigenvalue weighted by molar-refractivity contribution is 7.11. The van der Waals surface area contributed by atoms with E-state index in [2.05, 4.69) is 36.3 Å². The Morgan fingerprint density at radius 3 is 2.67 bits per heavy atom. The molecular weight excluding hydrogens is 242 g/mol. The van der Waals surface area contributed by atoms with Crippen LogP contribution in [0.2, 0.25) is 0 Å². The van der Waals surface area contributed by atoms with Crippen molar-refractivity contribution in [1.82, 2.24) is 15.5 Å². The summed E-state index contributed by atoms with van der Waals surface area (Å²) in [6.45, 7) is 7.41. The van der Waals surface area contributed by atoms with Crippen molar-refractivity contribution < 1.29 is 0 Å². The average Bonchev–Trinajstić information content (AvgIpc) is 3.01. The Morgan fingerprint density at radius 1 is 1.22 bits per heavy atom. The molecule has 18 heavy (non-hydrogen) atoms. The first-order valence-electron chi connectivity index (χ1n) is 7.08. The number of hydrogen-bond donors (Lipinski definition) is 1. The topological polar surface area (TPSA) is 37.8 Å². The van der Waals surface area contributed by atoms with Crippen molar-refractivity contribution in [2.24, 2.45) is 11.8 Å². The van der Waals surface area contributed by atoms with E-state index in [4.69, 9.17) is 0 Å². The van der Waals surface area contributed by atoms with Crippen molar-refractivity contribution in [3.8, 4) is 0 Å². The lowest BCUT2D eigenvalue weighted by Crippen LogP contribution is -2.35. The maximum atomic E-state index is 4.45. The van der Waals surface area contributed by atoms with E-state index in [1.54, 1.807) is 0 Å². The molecule has 1 N–H and O–H groups in total. The van der Waals surface area contributed by atoms with Crippen LogP contribution in [0.3, 0.4) is 0 Å². The van der Waals surface area contributed by atoms with Crippen LogP contribution in [-0.2, 0) is 6.54 Å².